The van der Waals surface area contributed by atoms with Gasteiger partial charge in [-0.05, 0) is 24.1 Å². The van der Waals surface area contributed by atoms with Crippen molar-refractivity contribution in [1.82, 2.24) is 9.74 Å². The molecule has 0 aliphatic rings. The van der Waals surface area contributed by atoms with Crippen molar-refractivity contribution in [3.05, 3.63) is 0 Å². The zero-order valence-electron chi connectivity index (χ0n) is 11.0. The number of carboxylic acids is 1. The van der Waals surface area contributed by atoms with Gasteiger partial charge in [-0.3, -0.25) is 4.79 Å². The molecule has 1 unspecified atom stereocenters. The van der Waals surface area contributed by atoms with Crippen LogP contribution in [0, 0.1) is 5.92 Å². The van der Waals surface area contributed by atoms with Crippen LogP contribution in [-0.2, 0) is 9.59 Å². The van der Waals surface area contributed by atoms with Gasteiger partial charge in [0.15, 0.2) is 0 Å². The van der Waals surface area contributed by atoms with Crippen LogP contribution in [0.2, 0.25) is 0 Å². The Kier molecular flexibility index (Phi) is 8.66. The Bertz CT molecular complexity index is 301. The van der Waals surface area contributed by atoms with Crippen molar-refractivity contribution < 1.29 is 24.9 Å². The average Bonchev–Trinajstić information content (AvgIpc) is 2.26. The van der Waals surface area contributed by atoms with Crippen LogP contribution in [0.5, 0.6) is 0 Å². The van der Waals surface area contributed by atoms with Crippen LogP contribution in [0.3, 0.4) is 0 Å². The van der Waals surface area contributed by atoms with E-state index in [-0.39, 0.29) is 19.0 Å². The van der Waals surface area contributed by atoms with Crippen molar-refractivity contribution >= 4 is 23.7 Å². The maximum Gasteiger partial charge on any atom is 0.326 e. The highest BCUT2D eigenvalue weighted by Crippen LogP contribution is 2.05. The number of nitrogens with zero attached hydrogens (tertiary/aromatic N) is 1. The highest BCUT2D eigenvalue weighted by molar-refractivity contribution is 6.14. The number of rotatable bonds is 9. The number of amides is 1. The smallest absolute Gasteiger partial charge is 0.326 e. The van der Waals surface area contributed by atoms with E-state index < -0.39 is 30.6 Å². The van der Waals surface area contributed by atoms with Crippen LogP contribution >= 0.6 is 11.8 Å². The molecule has 0 aromatic carbocycles. The molecule has 0 aliphatic carbocycles. The molecule has 8 heteroatoms. The van der Waals surface area contributed by atoms with Gasteiger partial charge in [0.2, 0.25) is 5.91 Å². The molecule has 0 bridgehead atoms. The van der Waals surface area contributed by atoms with Crippen molar-refractivity contribution in [2.24, 2.45) is 5.92 Å². The Morgan fingerprint density at radius 3 is 2.37 bits per heavy atom. The lowest BCUT2D eigenvalue weighted by molar-refractivity contribution is -0.142. The number of carbonyl (C=O) groups is 2. The molecule has 0 saturated heterocycles. The molecule has 19 heavy (non-hydrogen) atoms. The molecule has 0 heterocycles. The number of carboxylic acid groups (broad SMARTS) is 1. The topological polar surface area (TPSA) is 110 Å². The summed E-state index contributed by atoms with van der Waals surface area (Å²) in [6.07, 6.45) is -0.723. The van der Waals surface area contributed by atoms with Crippen LogP contribution < -0.4 is 5.32 Å². The Balaban J connectivity index is 4.22. The quantitative estimate of drug-likeness (QED) is 0.423. The van der Waals surface area contributed by atoms with Gasteiger partial charge in [0.1, 0.15) is 6.04 Å². The van der Waals surface area contributed by atoms with E-state index in [4.69, 9.17) is 27.1 Å². The molecule has 0 saturated carbocycles. The van der Waals surface area contributed by atoms with Gasteiger partial charge in [0.05, 0.1) is 19.3 Å². The zero-order chi connectivity index (χ0) is 15.0. The first-order valence-corrected chi connectivity index (χ1v) is 6.31. The molecule has 0 aliphatic heterocycles. The van der Waals surface area contributed by atoms with Crippen LogP contribution in [0.4, 0.5) is 0 Å². The van der Waals surface area contributed by atoms with E-state index in [0.29, 0.717) is 6.42 Å². The fourth-order valence-corrected chi connectivity index (χ4v) is 1.71. The molecule has 1 amide bonds. The van der Waals surface area contributed by atoms with Gasteiger partial charge in [-0.2, -0.15) is 0 Å². The summed E-state index contributed by atoms with van der Waals surface area (Å²) in [4.78, 5) is 22.5. The third-order valence-corrected chi connectivity index (χ3v) is 2.53. The number of aliphatic hydroxyl groups is 2. The molecule has 0 rings (SSSR count). The summed E-state index contributed by atoms with van der Waals surface area (Å²) in [6.45, 7) is 2.89. The summed E-state index contributed by atoms with van der Waals surface area (Å²) < 4.78 is 0.991. The van der Waals surface area contributed by atoms with E-state index >= 15 is 0 Å². The normalized spacial score (nSPS) is 14.5. The lowest BCUT2D eigenvalue weighted by Crippen LogP contribution is -2.45. The first kappa shape index (κ1) is 18.1. The van der Waals surface area contributed by atoms with E-state index in [1.807, 2.05) is 13.8 Å². The van der Waals surface area contributed by atoms with E-state index in [2.05, 4.69) is 5.32 Å². The molecule has 0 aromatic heterocycles. The highest BCUT2D eigenvalue weighted by Gasteiger charge is 2.22. The summed E-state index contributed by atoms with van der Waals surface area (Å²) in [7, 11) is 0. The predicted octanol–water partition coefficient (Wildman–Crippen LogP) is -0.589. The third-order valence-electron chi connectivity index (χ3n) is 2.28. The number of aliphatic hydroxyl groups excluding tert-OH is 2. The van der Waals surface area contributed by atoms with Crippen LogP contribution in [0.25, 0.3) is 0 Å². The van der Waals surface area contributed by atoms with Crippen LogP contribution in [-0.4, -0.2) is 63.5 Å². The molecule has 0 radical (unpaired) electrons. The molecule has 0 aromatic rings. The lowest BCUT2D eigenvalue weighted by atomic mass is 10.0. The average molecular weight is 297 g/mol. The molecule has 7 nitrogen and oxygen atoms in total. The Hall–Kier alpha value is -0.890. The van der Waals surface area contributed by atoms with Crippen molar-refractivity contribution in [3.8, 4) is 0 Å². The molecule has 0 spiro atoms. The van der Waals surface area contributed by atoms with E-state index in [9.17, 15) is 9.59 Å². The minimum absolute atomic E-state index is 0.0899. The monoisotopic (exact) mass is 296 g/mol. The standard InChI is InChI=1S/C11H21ClN2O5/c1-7(2)3-9(11(18)19)13-10(17)5-14(12)4-8(16)6-15/h7-9,15-16H,3-6H2,1-2H3,(H,13,17)(H,18,19)/t8?,9-/m0/s1. The summed E-state index contributed by atoms with van der Waals surface area (Å²) in [5, 5.41) is 29.1. The number of carbonyl (C=O) groups excluding carboxylic acids is 1. The number of aliphatic carboxylic acids is 1. The van der Waals surface area contributed by atoms with E-state index in [1.165, 1.54) is 0 Å². The Morgan fingerprint density at radius 1 is 1.37 bits per heavy atom. The Morgan fingerprint density at radius 2 is 1.95 bits per heavy atom. The number of nitrogens with one attached hydrogen (secondary N) is 1. The molecule has 0 fully saturated rings. The van der Waals surface area contributed by atoms with Crippen molar-refractivity contribution in [2.75, 3.05) is 19.7 Å². The van der Waals surface area contributed by atoms with Gasteiger partial charge in [-0.1, -0.05) is 13.8 Å². The van der Waals surface area contributed by atoms with Crippen molar-refractivity contribution in [1.29, 1.82) is 0 Å². The summed E-state index contributed by atoms with van der Waals surface area (Å²) >= 11 is 5.67. The molecule has 2 atom stereocenters. The second-order valence-corrected chi connectivity index (χ2v) is 5.21. The predicted molar refractivity (Wildman–Crippen MR) is 69.5 cm³/mol. The summed E-state index contributed by atoms with van der Waals surface area (Å²) in [5.41, 5.74) is 0. The number of hydrogen-bond donors (Lipinski definition) is 4. The Labute approximate surface area is 117 Å². The third kappa shape index (κ3) is 8.77. The SMILES string of the molecule is CC(C)C[C@H](NC(=O)CN(Cl)CC(O)CO)C(=O)O. The van der Waals surface area contributed by atoms with Gasteiger partial charge in [-0.25, -0.2) is 9.21 Å². The minimum atomic E-state index is -1.10. The first-order valence-electron chi connectivity index (χ1n) is 5.98. The molecular weight excluding hydrogens is 276 g/mol. The maximum atomic E-state index is 11.6. The van der Waals surface area contributed by atoms with Crippen LogP contribution in [0.15, 0.2) is 0 Å². The van der Waals surface area contributed by atoms with Gasteiger partial charge in [-0.15, -0.1) is 0 Å². The lowest BCUT2D eigenvalue weighted by Gasteiger charge is -2.19. The van der Waals surface area contributed by atoms with Gasteiger partial charge < -0.3 is 20.6 Å². The van der Waals surface area contributed by atoms with Gasteiger partial charge in [0, 0.05) is 6.54 Å². The molecule has 112 valence electrons. The van der Waals surface area contributed by atoms with E-state index in [1.54, 1.807) is 0 Å². The summed E-state index contributed by atoms with van der Waals surface area (Å²) in [6, 6.07) is -0.958. The second-order valence-electron chi connectivity index (χ2n) is 4.73. The number of halogens is 1. The highest BCUT2D eigenvalue weighted by atomic mass is 35.5. The first-order chi connectivity index (χ1) is 8.76. The summed E-state index contributed by atoms with van der Waals surface area (Å²) in [5.74, 6) is -1.52. The molecule has 4 N–H and O–H groups in total. The minimum Gasteiger partial charge on any atom is -0.480 e. The van der Waals surface area contributed by atoms with Crippen molar-refractivity contribution in [3.63, 3.8) is 0 Å². The zero-order valence-corrected chi connectivity index (χ0v) is 11.8. The van der Waals surface area contributed by atoms with E-state index in [0.717, 1.165) is 4.42 Å². The fourth-order valence-electron chi connectivity index (χ4n) is 1.44. The van der Waals surface area contributed by atoms with Crippen molar-refractivity contribution in [2.45, 2.75) is 32.4 Å². The largest absolute Gasteiger partial charge is 0.480 e. The maximum absolute atomic E-state index is 11.6. The van der Waals surface area contributed by atoms with Gasteiger partial charge >= 0.3 is 5.97 Å². The van der Waals surface area contributed by atoms with Gasteiger partial charge in [0.25, 0.3) is 0 Å². The fraction of sp³-hybridized carbons (Fsp3) is 0.818. The van der Waals surface area contributed by atoms with Crippen LogP contribution in [0.1, 0.15) is 20.3 Å². The second kappa shape index (κ2) is 9.08. The molecular formula is C11H21ClN2O5. The number of hydrogen-bond acceptors (Lipinski definition) is 5.